The molecule has 2 fully saturated rings. The molecule has 1 aromatic carbocycles. The van der Waals surface area contributed by atoms with E-state index in [0.717, 1.165) is 32.1 Å². The highest BCUT2D eigenvalue weighted by molar-refractivity contribution is 5.94. The zero-order chi connectivity index (χ0) is 14.1. The van der Waals surface area contributed by atoms with Gasteiger partial charge in [0.1, 0.15) is 5.82 Å². The summed E-state index contributed by atoms with van der Waals surface area (Å²) in [6, 6.07) is 6.21. The second-order valence-electron chi connectivity index (χ2n) is 5.85. The van der Waals surface area contributed by atoms with E-state index < -0.39 is 5.82 Å². The summed E-state index contributed by atoms with van der Waals surface area (Å²) < 4.78 is 13.8. The van der Waals surface area contributed by atoms with Gasteiger partial charge in [0, 0.05) is 18.5 Å². The van der Waals surface area contributed by atoms with Gasteiger partial charge in [-0.2, -0.15) is 0 Å². The number of hydrogen-bond donors (Lipinski definition) is 1. The fourth-order valence-corrected chi connectivity index (χ4v) is 3.70. The minimum Gasteiger partial charge on any atom is -0.393 e. The maximum Gasteiger partial charge on any atom is 0.257 e. The van der Waals surface area contributed by atoms with Crippen molar-refractivity contribution in [1.82, 2.24) is 4.90 Å². The van der Waals surface area contributed by atoms with E-state index in [1.807, 2.05) is 0 Å². The molecule has 1 N–H and O–H groups in total. The van der Waals surface area contributed by atoms with E-state index >= 15 is 0 Å². The number of rotatable bonds is 2. The Kier molecular flexibility index (Phi) is 3.74. The van der Waals surface area contributed by atoms with Crippen LogP contribution in [0.2, 0.25) is 0 Å². The van der Waals surface area contributed by atoms with Crippen molar-refractivity contribution in [2.75, 3.05) is 6.54 Å². The molecule has 1 aliphatic carbocycles. The zero-order valence-electron chi connectivity index (χ0n) is 11.5. The molecule has 4 heteroatoms. The predicted molar refractivity (Wildman–Crippen MR) is 73.8 cm³/mol. The van der Waals surface area contributed by atoms with Crippen LogP contribution in [-0.4, -0.2) is 34.6 Å². The Bertz CT molecular complexity index is 505. The average Bonchev–Trinajstić information content (AvgIpc) is 3.06. The first kappa shape index (κ1) is 13.6. The Hall–Kier alpha value is -1.42. The number of halogens is 1. The maximum absolute atomic E-state index is 13.8. The lowest BCUT2D eigenvalue weighted by Crippen LogP contribution is -2.42. The fourth-order valence-electron chi connectivity index (χ4n) is 3.70. The molecule has 1 saturated carbocycles. The summed E-state index contributed by atoms with van der Waals surface area (Å²) in [6.45, 7) is 0.668. The van der Waals surface area contributed by atoms with E-state index in [0.29, 0.717) is 6.54 Å². The Labute approximate surface area is 118 Å². The van der Waals surface area contributed by atoms with Gasteiger partial charge in [-0.25, -0.2) is 4.39 Å². The van der Waals surface area contributed by atoms with Crippen LogP contribution in [0.1, 0.15) is 42.5 Å². The number of carbonyl (C=O) groups excluding carboxylic acids is 1. The molecule has 3 atom stereocenters. The topological polar surface area (TPSA) is 40.5 Å². The number of likely N-dealkylation sites (tertiary alicyclic amines) is 1. The number of carbonyl (C=O) groups is 1. The Morgan fingerprint density at radius 2 is 2.00 bits per heavy atom. The molecule has 108 valence electrons. The van der Waals surface area contributed by atoms with Crippen molar-refractivity contribution >= 4 is 5.91 Å². The zero-order valence-corrected chi connectivity index (χ0v) is 11.5. The molecule has 3 nitrogen and oxygen atoms in total. The molecule has 1 aromatic rings. The van der Waals surface area contributed by atoms with Crippen molar-refractivity contribution in [3.05, 3.63) is 35.6 Å². The van der Waals surface area contributed by atoms with Crippen LogP contribution in [0.3, 0.4) is 0 Å². The van der Waals surface area contributed by atoms with Crippen LogP contribution in [0.5, 0.6) is 0 Å². The molecule has 0 bridgehead atoms. The number of amides is 1. The average molecular weight is 277 g/mol. The maximum atomic E-state index is 13.8. The van der Waals surface area contributed by atoms with E-state index in [1.54, 1.807) is 17.0 Å². The fraction of sp³-hybridized carbons (Fsp3) is 0.562. The minimum absolute atomic E-state index is 0.0691. The minimum atomic E-state index is -0.463. The monoisotopic (exact) mass is 277 g/mol. The first-order valence-corrected chi connectivity index (χ1v) is 7.42. The smallest absolute Gasteiger partial charge is 0.257 e. The van der Waals surface area contributed by atoms with Crippen LogP contribution in [0.25, 0.3) is 0 Å². The summed E-state index contributed by atoms with van der Waals surface area (Å²) >= 11 is 0. The van der Waals surface area contributed by atoms with Gasteiger partial charge in [-0.3, -0.25) is 4.79 Å². The highest BCUT2D eigenvalue weighted by Gasteiger charge is 2.40. The van der Waals surface area contributed by atoms with Gasteiger partial charge in [-0.1, -0.05) is 18.6 Å². The molecule has 0 aromatic heterocycles. The normalized spacial score (nSPS) is 29.9. The van der Waals surface area contributed by atoms with Gasteiger partial charge in [0.05, 0.1) is 11.7 Å². The van der Waals surface area contributed by atoms with Gasteiger partial charge >= 0.3 is 0 Å². The van der Waals surface area contributed by atoms with Crippen molar-refractivity contribution in [2.45, 2.75) is 44.2 Å². The summed E-state index contributed by atoms with van der Waals surface area (Å²) in [6.07, 6.45) is 4.35. The molecule has 2 aliphatic rings. The second kappa shape index (κ2) is 5.52. The van der Waals surface area contributed by atoms with Crippen molar-refractivity contribution < 1.29 is 14.3 Å². The highest BCUT2D eigenvalue weighted by atomic mass is 19.1. The molecule has 20 heavy (non-hydrogen) atoms. The van der Waals surface area contributed by atoms with Gasteiger partial charge in [-0.05, 0) is 37.8 Å². The van der Waals surface area contributed by atoms with Crippen LogP contribution in [0.4, 0.5) is 4.39 Å². The summed E-state index contributed by atoms with van der Waals surface area (Å²) in [5.41, 5.74) is 0.145. The third-order valence-electron chi connectivity index (χ3n) is 4.69. The van der Waals surface area contributed by atoms with Gasteiger partial charge in [0.15, 0.2) is 0 Å². The number of benzene rings is 1. The van der Waals surface area contributed by atoms with Crippen LogP contribution in [0.15, 0.2) is 24.3 Å². The SMILES string of the molecule is O=C(c1ccccc1F)N1CCCC1C1CCCC1O. The van der Waals surface area contributed by atoms with Crippen LogP contribution >= 0.6 is 0 Å². The standard InChI is InChI=1S/C16H20FNO2/c17-13-7-2-1-5-11(13)16(20)18-10-4-8-14(18)12-6-3-9-15(12)19/h1-2,5,7,12,14-15,19H,3-4,6,8-10H2. The van der Waals surface area contributed by atoms with Crippen molar-refractivity contribution in [1.29, 1.82) is 0 Å². The van der Waals surface area contributed by atoms with E-state index in [1.165, 1.54) is 12.1 Å². The highest BCUT2D eigenvalue weighted by Crippen LogP contribution is 2.36. The lowest BCUT2D eigenvalue weighted by atomic mass is 9.93. The van der Waals surface area contributed by atoms with E-state index in [4.69, 9.17) is 0 Å². The van der Waals surface area contributed by atoms with Crippen LogP contribution < -0.4 is 0 Å². The van der Waals surface area contributed by atoms with Gasteiger partial charge in [0.2, 0.25) is 0 Å². The van der Waals surface area contributed by atoms with Gasteiger partial charge in [0.25, 0.3) is 5.91 Å². The van der Waals surface area contributed by atoms with Gasteiger partial charge in [-0.15, -0.1) is 0 Å². The van der Waals surface area contributed by atoms with Crippen LogP contribution in [-0.2, 0) is 0 Å². The first-order chi connectivity index (χ1) is 9.68. The summed E-state index contributed by atoms with van der Waals surface area (Å²) in [5.74, 6) is -0.534. The quantitative estimate of drug-likeness (QED) is 0.902. The first-order valence-electron chi connectivity index (χ1n) is 7.42. The Morgan fingerprint density at radius 1 is 1.20 bits per heavy atom. The van der Waals surface area contributed by atoms with E-state index in [9.17, 15) is 14.3 Å². The molecule has 3 unspecified atom stereocenters. The van der Waals surface area contributed by atoms with E-state index in [2.05, 4.69) is 0 Å². The molecule has 0 spiro atoms. The second-order valence-corrected chi connectivity index (χ2v) is 5.85. The number of aliphatic hydroxyl groups excluding tert-OH is 1. The lowest BCUT2D eigenvalue weighted by molar-refractivity contribution is 0.0524. The molecular weight excluding hydrogens is 257 g/mol. The third-order valence-corrected chi connectivity index (χ3v) is 4.69. The summed E-state index contributed by atoms with van der Waals surface area (Å²) in [7, 11) is 0. The third kappa shape index (κ3) is 2.33. The van der Waals surface area contributed by atoms with Crippen LogP contribution in [0, 0.1) is 11.7 Å². The van der Waals surface area contributed by atoms with Crippen molar-refractivity contribution in [3.8, 4) is 0 Å². The number of aliphatic hydroxyl groups is 1. The molecule has 1 heterocycles. The largest absolute Gasteiger partial charge is 0.393 e. The molecular formula is C16H20FNO2. The number of hydrogen-bond acceptors (Lipinski definition) is 2. The Morgan fingerprint density at radius 3 is 2.70 bits per heavy atom. The van der Waals surface area contributed by atoms with Crippen molar-refractivity contribution in [3.63, 3.8) is 0 Å². The summed E-state index contributed by atoms with van der Waals surface area (Å²) in [5, 5.41) is 10.1. The molecule has 3 rings (SSSR count). The Balaban J connectivity index is 1.82. The summed E-state index contributed by atoms with van der Waals surface area (Å²) in [4.78, 5) is 14.3. The molecule has 0 radical (unpaired) electrons. The predicted octanol–water partition coefficient (Wildman–Crippen LogP) is 2.59. The molecule has 1 aliphatic heterocycles. The van der Waals surface area contributed by atoms with Gasteiger partial charge < -0.3 is 10.0 Å². The number of nitrogens with zero attached hydrogens (tertiary/aromatic N) is 1. The van der Waals surface area contributed by atoms with Crippen molar-refractivity contribution in [2.24, 2.45) is 5.92 Å². The molecule has 1 saturated heterocycles. The lowest BCUT2D eigenvalue weighted by Gasteiger charge is -2.31. The molecule has 1 amide bonds. The van der Waals surface area contributed by atoms with E-state index in [-0.39, 0.29) is 29.5 Å².